The third-order valence-electron chi connectivity index (χ3n) is 3.68. The molecule has 1 aliphatic heterocycles. The Kier molecular flexibility index (Phi) is 3.74. The highest BCUT2D eigenvalue weighted by Crippen LogP contribution is 2.39. The molecule has 3 heterocycles. The summed E-state index contributed by atoms with van der Waals surface area (Å²) in [7, 11) is 0. The summed E-state index contributed by atoms with van der Waals surface area (Å²) in [6.07, 6.45) is 0.934. The largest absolute Gasteiger partial charge is 0.257 e. The predicted octanol–water partition coefficient (Wildman–Crippen LogP) is 5.82. The molecule has 0 amide bonds. The Balaban J connectivity index is 1.74. The van der Waals surface area contributed by atoms with Gasteiger partial charge in [0.25, 0.3) is 0 Å². The molecular weight excluding hydrogens is 332 g/mol. The maximum absolute atomic E-state index is 6.01. The molecule has 0 radical (unpaired) electrons. The van der Waals surface area contributed by atoms with Crippen molar-refractivity contribution in [1.82, 2.24) is 0 Å². The standard InChI is InChI=1S/C17H13ClN2S2/c18-12-5-7-13(8-6-12)20-15(17-4-2-10-22-17)11-14(19-20)16-3-1-9-21-16/h1-10,15H,11H2/t15-/m0/s1. The first-order valence-electron chi connectivity index (χ1n) is 7.01. The van der Waals surface area contributed by atoms with Crippen molar-refractivity contribution >= 4 is 45.7 Å². The zero-order valence-corrected chi connectivity index (χ0v) is 14.0. The fourth-order valence-electron chi connectivity index (χ4n) is 2.64. The van der Waals surface area contributed by atoms with E-state index < -0.39 is 0 Å². The van der Waals surface area contributed by atoms with Crippen LogP contribution in [0, 0.1) is 0 Å². The topological polar surface area (TPSA) is 15.6 Å². The highest BCUT2D eigenvalue weighted by atomic mass is 35.5. The molecule has 0 aliphatic carbocycles. The third kappa shape index (κ3) is 2.58. The first-order valence-corrected chi connectivity index (χ1v) is 9.14. The number of hydrogen-bond donors (Lipinski definition) is 0. The Morgan fingerprint density at radius 3 is 2.45 bits per heavy atom. The smallest absolute Gasteiger partial charge is 0.0923 e. The van der Waals surface area contributed by atoms with Crippen LogP contribution in [0.2, 0.25) is 5.02 Å². The Bertz CT molecular complexity index is 777. The highest BCUT2D eigenvalue weighted by Gasteiger charge is 2.30. The van der Waals surface area contributed by atoms with E-state index in [9.17, 15) is 0 Å². The predicted molar refractivity (Wildman–Crippen MR) is 96.5 cm³/mol. The number of halogens is 1. The van der Waals surface area contributed by atoms with Gasteiger partial charge in [0.15, 0.2) is 0 Å². The van der Waals surface area contributed by atoms with Gasteiger partial charge < -0.3 is 0 Å². The van der Waals surface area contributed by atoms with E-state index >= 15 is 0 Å². The van der Waals surface area contributed by atoms with E-state index in [1.54, 1.807) is 22.7 Å². The zero-order chi connectivity index (χ0) is 14.9. The SMILES string of the molecule is Clc1ccc(N2N=C(c3cccs3)C[C@H]2c2cccs2)cc1. The molecule has 0 bridgehead atoms. The van der Waals surface area contributed by atoms with Crippen LogP contribution in [0.25, 0.3) is 0 Å². The van der Waals surface area contributed by atoms with Gasteiger partial charge in [-0.25, -0.2) is 0 Å². The molecule has 0 spiro atoms. The summed E-state index contributed by atoms with van der Waals surface area (Å²) in [4.78, 5) is 2.59. The van der Waals surface area contributed by atoms with Crippen LogP contribution in [0.1, 0.15) is 22.2 Å². The van der Waals surface area contributed by atoms with Gasteiger partial charge in [-0.3, -0.25) is 5.01 Å². The third-order valence-corrected chi connectivity index (χ3v) is 5.82. The van der Waals surface area contributed by atoms with Gasteiger partial charge in [0.05, 0.1) is 22.3 Å². The monoisotopic (exact) mass is 344 g/mol. The summed E-state index contributed by atoms with van der Waals surface area (Å²) < 4.78 is 0. The summed E-state index contributed by atoms with van der Waals surface area (Å²) in [5.74, 6) is 0. The van der Waals surface area contributed by atoms with Crippen LogP contribution in [0.5, 0.6) is 0 Å². The highest BCUT2D eigenvalue weighted by molar-refractivity contribution is 7.12. The van der Waals surface area contributed by atoms with E-state index in [4.69, 9.17) is 16.7 Å². The normalized spacial score (nSPS) is 17.8. The molecule has 3 aromatic rings. The van der Waals surface area contributed by atoms with E-state index in [0.29, 0.717) is 0 Å². The molecule has 0 unspecified atom stereocenters. The first-order chi connectivity index (χ1) is 10.8. The van der Waals surface area contributed by atoms with Gasteiger partial charge in [-0.15, -0.1) is 22.7 Å². The second-order valence-electron chi connectivity index (χ2n) is 5.08. The molecule has 1 aliphatic rings. The molecule has 0 N–H and O–H groups in total. The fourth-order valence-corrected chi connectivity index (χ4v) is 4.30. The van der Waals surface area contributed by atoms with E-state index in [-0.39, 0.29) is 6.04 Å². The van der Waals surface area contributed by atoms with Crippen LogP contribution in [0.4, 0.5) is 5.69 Å². The van der Waals surface area contributed by atoms with E-state index in [0.717, 1.165) is 22.8 Å². The fraction of sp³-hybridized carbons (Fsp3) is 0.118. The maximum Gasteiger partial charge on any atom is 0.0923 e. The number of anilines is 1. The van der Waals surface area contributed by atoms with E-state index in [1.165, 1.54) is 9.75 Å². The zero-order valence-electron chi connectivity index (χ0n) is 11.6. The van der Waals surface area contributed by atoms with Crippen molar-refractivity contribution in [3.63, 3.8) is 0 Å². The molecule has 5 heteroatoms. The number of nitrogens with zero attached hydrogens (tertiary/aromatic N) is 2. The van der Waals surface area contributed by atoms with Crippen molar-refractivity contribution in [3.05, 3.63) is 74.1 Å². The second kappa shape index (κ2) is 5.88. The van der Waals surface area contributed by atoms with Crippen LogP contribution in [-0.2, 0) is 0 Å². The lowest BCUT2D eigenvalue weighted by atomic mass is 10.1. The van der Waals surface area contributed by atoms with Crippen LogP contribution in [0.3, 0.4) is 0 Å². The molecule has 0 saturated heterocycles. The van der Waals surface area contributed by atoms with Crippen molar-refractivity contribution < 1.29 is 0 Å². The molecule has 0 fully saturated rings. The molecule has 22 heavy (non-hydrogen) atoms. The molecule has 110 valence electrons. The maximum atomic E-state index is 6.01. The molecule has 1 atom stereocenters. The first kappa shape index (κ1) is 14.0. The van der Waals surface area contributed by atoms with Crippen molar-refractivity contribution in [1.29, 1.82) is 0 Å². The van der Waals surface area contributed by atoms with Gasteiger partial charge in [-0.2, -0.15) is 5.10 Å². The van der Waals surface area contributed by atoms with Crippen LogP contribution in [0.15, 0.2) is 64.4 Å². The lowest BCUT2D eigenvalue weighted by molar-refractivity contribution is 0.722. The number of hydrazone groups is 1. The van der Waals surface area contributed by atoms with Crippen molar-refractivity contribution in [2.24, 2.45) is 5.10 Å². The van der Waals surface area contributed by atoms with Crippen LogP contribution >= 0.6 is 34.3 Å². The Morgan fingerprint density at radius 2 is 1.77 bits per heavy atom. The summed E-state index contributed by atoms with van der Waals surface area (Å²) >= 11 is 9.54. The van der Waals surface area contributed by atoms with Gasteiger partial charge in [0.2, 0.25) is 0 Å². The summed E-state index contributed by atoms with van der Waals surface area (Å²) in [6, 6.07) is 16.7. The Hall–Kier alpha value is -1.62. The van der Waals surface area contributed by atoms with Crippen molar-refractivity contribution in [3.8, 4) is 0 Å². The van der Waals surface area contributed by atoms with Crippen molar-refractivity contribution in [2.75, 3.05) is 5.01 Å². The van der Waals surface area contributed by atoms with E-state index in [1.807, 2.05) is 24.3 Å². The summed E-state index contributed by atoms with van der Waals surface area (Å²) in [5, 5.41) is 12.0. The number of benzene rings is 1. The molecular formula is C17H13ClN2S2. The van der Waals surface area contributed by atoms with Gasteiger partial charge in [-0.05, 0) is 47.2 Å². The number of thiophene rings is 2. The van der Waals surface area contributed by atoms with E-state index in [2.05, 4.69) is 40.0 Å². The van der Waals surface area contributed by atoms with Crippen LogP contribution < -0.4 is 5.01 Å². The van der Waals surface area contributed by atoms with Gasteiger partial charge in [-0.1, -0.05) is 23.7 Å². The average Bonchev–Trinajstić information content (AvgIpc) is 3.27. The minimum absolute atomic E-state index is 0.262. The lowest BCUT2D eigenvalue weighted by Crippen LogP contribution is -2.17. The molecule has 2 aromatic heterocycles. The molecule has 2 nitrogen and oxygen atoms in total. The number of rotatable bonds is 3. The van der Waals surface area contributed by atoms with Crippen LogP contribution in [-0.4, -0.2) is 5.71 Å². The van der Waals surface area contributed by atoms with Gasteiger partial charge >= 0.3 is 0 Å². The minimum Gasteiger partial charge on any atom is -0.257 e. The quantitative estimate of drug-likeness (QED) is 0.584. The summed E-state index contributed by atoms with van der Waals surface area (Å²) in [5.41, 5.74) is 2.23. The summed E-state index contributed by atoms with van der Waals surface area (Å²) in [6.45, 7) is 0. The van der Waals surface area contributed by atoms with Crippen molar-refractivity contribution in [2.45, 2.75) is 12.5 Å². The average molecular weight is 345 g/mol. The Morgan fingerprint density at radius 1 is 1.00 bits per heavy atom. The molecule has 0 saturated carbocycles. The molecule has 1 aromatic carbocycles. The second-order valence-corrected chi connectivity index (χ2v) is 7.44. The molecule has 4 rings (SSSR count). The minimum atomic E-state index is 0.262. The van der Waals surface area contributed by atoms with Gasteiger partial charge in [0.1, 0.15) is 0 Å². The Labute approximate surface area is 142 Å². The number of hydrogen-bond acceptors (Lipinski definition) is 4. The van der Waals surface area contributed by atoms with Gasteiger partial charge in [0, 0.05) is 16.3 Å². The lowest BCUT2D eigenvalue weighted by Gasteiger charge is -2.22.